The first-order valence-corrected chi connectivity index (χ1v) is 13.0. The predicted molar refractivity (Wildman–Crippen MR) is 134 cm³/mol. The molecule has 170 valence electrons. The Morgan fingerprint density at radius 1 is 1.22 bits per heavy atom. The van der Waals surface area contributed by atoms with Gasteiger partial charge >= 0.3 is 0 Å². The predicted octanol–water partition coefficient (Wildman–Crippen LogP) is 5.04. The summed E-state index contributed by atoms with van der Waals surface area (Å²) < 4.78 is 7.26. The zero-order valence-corrected chi connectivity index (χ0v) is 21.6. The number of benzene rings is 1. The van der Waals surface area contributed by atoms with Crippen molar-refractivity contribution >= 4 is 33.5 Å². The standard InChI is InChI=1S/C25H31BrN4OS/c1-25(2)15-20-21(16-27)24(32-13-8-18-6-4-7-19(26)14-18)28-23(22(20)17-31-25)30-10-5-9-29(3)11-12-30/h4,6-7,14H,5,8-13,15,17H2,1-3H3. The van der Waals surface area contributed by atoms with E-state index in [1.54, 1.807) is 11.8 Å². The van der Waals surface area contributed by atoms with Crippen molar-refractivity contribution in [2.45, 2.75) is 50.3 Å². The van der Waals surface area contributed by atoms with Crippen LogP contribution in [0, 0.1) is 11.3 Å². The first kappa shape index (κ1) is 23.6. The number of aryl methyl sites for hydroxylation is 1. The zero-order valence-electron chi connectivity index (χ0n) is 19.2. The fraction of sp³-hybridized carbons (Fsp3) is 0.520. The van der Waals surface area contributed by atoms with E-state index >= 15 is 0 Å². The molecule has 2 aliphatic rings. The summed E-state index contributed by atoms with van der Waals surface area (Å²) in [5.41, 5.74) is 4.01. The SMILES string of the molecule is CN1CCCN(c2nc(SCCc3cccc(Br)c3)c(C#N)c3c2COC(C)(C)C3)CC1. The van der Waals surface area contributed by atoms with Gasteiger partial charge in [-0.1, -0.05) is 28.1 Å². The number of thioether (sulfide) groups is 1. The average molecular weight is 516 g/mol. The molecule has 0 unspecified atom stereocenters. The van der Waals surface area contributed by atoms with Crippen LogP contribution in [0.4, 0.5) is 5.82 Å². The van der Waals surface area contributed by atoms with Gasteiger partial charge in [-0.25, -0.2) is 4.98 Å². The summed E-state index contributed by atoms with van der Waals surface area (Å²) in [5.74, 6) is 1.91. The Bertz CT molecular complexity index is 1020. The fourth-order valence-corrected chi connectivity index (χ4v) is 5.87. The minimum absolute atomic E-state index is 0.269. The van der Waals surface area contributed by atoms with Crippen molar-refractivity contribution in [1.82, 2.24) is 9.88 Å². The lowest BCUT2D eigenvalue weighted by Crippen LogP contribution is -2.36. The van der Waals surface area contributed by atoms with Gasteiger partial charge in [0.25, 0.3) is 0 Å². The van der Waals surface area contributed by atoms with Crippen LogP contribution in [0.25, 0.3) is 0 Å². The van der Waals surface area contributed by atoms with E-state index in [1.165, 1.54) is 5.56 Å². The molecule has 32 heavy (non-hydrogen) atoms. The van der Waals surface area contributed by atoms with Crippen molar-refractivity contribution in [3.8, 4) is 6.07 Å². The van der Waals surface area contributed by atoms with Crippen molar-refractivity contribution in [3.05, 3.63) is 51.0 Å². The van der Waals surface area contributed by atoms with Crippen LogP contribution in [0.1, 0.15) is 42.5 Å². The van der Waals surface area contributed by atoms with Crippen LogP contribution in [-0.2, 0) is 24.2 Å². The molecule has 3 heterocycles. The number of likely N-dealkylation sites (N-methyl/N-ethyl adjacent to an activating group) is 1. The fourth-order valence-electron chi connectivity index (χ4n) is 4.42. The Morgan fingerprint density at radius 3 is 2.84 bits per heavy atom. The molecule has 7 heteroatoms. The van der Waals surface area contributed by atoms with Crippen molar-refractivity contribution in [2.24, 2.45) is 0 Å². The summed E-state index contributed by atoms with van der Waals surface area (Å²) in [7, 11) is 2.18. The van der Waals surface area contributed by atoms with Crippen LogP contribution in [0.5, 0.6) is 0 Å². The number of rotatable bonds is 5. The summed E-state index contributed by atoms with van der Waals surface area (Å²) in [6.45, 7) is 8.81. The highest BCUT2D eigenvalue weighted by molar-refractivity contribution is 9.10. The van der Waals surface area contributed by atoms with E-state index in [1.807, 2.05) is 6.07 Å². The van der Waals surface area contributed by atoms with Gasteiger partial charge in [-0.05, 0) is 63.5 Å². The topological polar surface area (TPSA) is 52.4 Å². The van der Waals surface area contributed by atoms with Crippen LogP contribution in [0.15, 0.2) is 33.8 Å². The molecule has 1 saturated heterocycles. The van der Waals surface area contributed by atoms with Crippen LogP contribution >= 0.6 is 27.7 Å². The van der Waals surface area contributed by atoms with Crippen LogP contribution in [-0.4, -0.2) is 54.5 Å². The van der Waals surface area contributed by atoms with Gasteiger partial charge in [0.1, 0.15) is 16.9 Å². The second-order valence-corrected chi connectivity index (χ2v) is 11.3. The number of nitriles is 1. The number of pyridine rings is 1. The first-order chi connectivity index (χ1) is 15.4. The molecule has 0 saturated carbocycles. The molecule has 0 N–H and O–H groups in total. The van der Waals surface area contributed by atoms with Crippen molar-refractivity contribution in [3.63, 3.8) is 0 Å². The van der Waals surface area contributed by atoms with Gasteiger partial charge in [-0.15, -0.1) is 11.8 Å². The summed E-state index contributed by atoms with van der Waals surface area (Å²) in [6.07, 6.45) is 2.80. The van der Waals surface area contributed by atoms with Gasteiger partial charge in [0.15, 0.2) is 0 Å². The van der Waals surface area contributed by atoms with E-state index < -0.39 is 0 Å². The Morgan fingerprint density at radius 2 is 2.06 bits per heavy atom. The molecule has 1 fully saturated rings. The lowest BCUT2D eigenvalue weighted by Gasteiger charge is -2.35. The molecule has 2 aromatic rings. The maximum absolute atomic E-state index is 10.1. The lowest BCUT2D eigenvalue weighted by atomic mass is 9.89. The summed E-state index contributed by atoms with van der Waals surface area (Å²) in [5, 5.41) is 11.0. The maximum Gasteiger partial charge on any atom is 0.135 e. The van der Waals surface area contributed by atoms with E-state index in [2.05, 4.69) is 70.9 Å². The van der Waals surface area contributed by atoms with Gasteiger partial charge in [0.05, 0.1) is 17.8 Å². The third-order valence-electron chi connectivity index (χ3n) is 6.22. The highest BCUT2D eigenvalue weighted by atomic mass is 79.9. The number of fused-ring (bicyclic) bond motifs is 1. The van der Waals surface area contributed by atoms with E-state index in [9.17, 15) is 5.26 Å². The smallest absolute Gasteiger partial charge is 0.135 e. The summed E-state index contributed by atoms with van der Waals surface area (Å²) >= 11 is 5.26. The number of aromatic nitrogens is 1. The summed E-state index contributed by atoms with van der Waals surface area (Å²) in [6, 6.07) is 10.9. The molecule has 4 rings (SSSR count). The molecule has 0 atom stereocenters. The molecule has 2 aliphatic heterocycles. The number of anilines is 1. The Labute approximate surface area is 204 Å². The highest BCUT2D eigenvalue weighted by Crippen LogP contribution is 2.39. The first-order valence-electron chi connectivity index (χ1n) is 11.3. The quantitative estimate of drug-likeness (QED) is 0.520. The molecule has 0 spiro atoms. The molecule has 1 aromatic heterocycles. The molecule has 5 nitrogen and oxygen atoms in total. The van der Waals surface area contributed by atoms with Crippen molar-refractivity contribution in [2.75, 3.05) is 43.9 Å². The van der Waals surface area contributed by atoms with E-state index in [-0.39, 0.29) is 5.60 Å². The molecule has 1 aromatic carbocycles. The minimum Gasteiger partial charge on any atom is -0.370 e. The van der Waals surface area contributed by atoms with Gasteiger partial charge in [-0.3, -0.25) is 0 Å². The van der Waals surface area contributed by atoms with Gasteiger partial charge < -0.3 is 14.5 Å². The number of ether oxygens (including phenoxy) is 1. The molecular weight excluding hydrogens is 484 g/mol. The second kappa shape index (κ2) is 10.1. The largest absolute Gasteiger partial charge is 0.370 e. The normalized spacial score (nSPS) is 18.7. The number of hydrogen-bond donors (Lipinski definition) is 0. The van der Waals surface area contributed by atoms with Crippen LogP contribution in [0.3, 0.4) is 0 Å². The van der Waals surface area contributed by atoms with Crippen LogP contribution < -0.4 is 4.90 Å². The highest BCUT2D eigenvalue weighted by Gasteiger charge is 2.33. The number of nitrogens with zero attached hydrogens (tertiary/aromatic N) is 4. The van der Waals surface area contributed by atoms with Crippen molar-refractivity contribution < 1.29 is 4.74 Å². The maximum atomic E-state index is 10.1. The molecular formula is C25H31BrN4OS. The van der Waals surface area contributed by atoms with Gasteiger partial charge in [0, 0.05) is 41.8 Å². The third kappa shape index (κ3) is 5.48. The summed E-state index contributed by atoms with van der Waals surface area (Å²) in [4.78, 5) is 9.89. The lowest BCUT2D eigenvalue weighted by molar-refractivity contribution is -0.0402. The monoisotopic (exact) mass is 514 g/mol. The van der Waals surface area contributed by atoms with E-state index in [0.29, 0.717) is 6.61 Å². The molecule has 0 amide bonds. The Balaban J connectivity index is 1.66. The Hall–Kier alpha value is -1.59. The number of hydrogen-bond acceptors (Lipinski definition) is 6. The average Bonchev–Trinajstić information content (AvgIpc) is 2.97. The van der Waals surface area contributed by atoms with Gasteiger partial charge in [-0.2, -0.15) is 5.26 Å². The van der Waals surface area contributed by atoms with Crippen LogP contribution in [0.2, 0.25) is 0 Å². The minimum atomic E-state index is -0.269. The zero-order chi connectivity index (χ0) is 22.7. The second-order valence-electron chi connectivity index (χ2n) is 9.28. The molecule has 0 bridgehead atoms. The molecule has 0 radical (unpaired) electrons. The van der Waals surface area contributed by atoms with E-state index in [4.69, 9.17) is 9.72 Å². The Kier molecular flexibility index (Phi) is 7.46. The number of halogens is 1. The van der Waals surface area contributed by atoms with E-state index in [0.717, 1.165) is 83.2 Å². The van der Waals surface area contributed by atoms with Gasteiger partial charge in [0.2, 0.25) is 0 Å². The van der Waals surface area contributed by atoms with Crippen molar-refractivity contribution in [1.29, 1.82) is 5.26 Å². The third-order valence-corrected chi connectivity index (χ3v) is 7.69. The molecule has 0 aliphatic carbocycles.